The summed E-state index contributed by atoms with van der Waals surface area (Å²) in [6, 6.07) is 5.04. The lowest BCUT2D eigenvalue weighted by molar-refractivity contribution is -0.126. The fourth-order valence-corrected chi connectivity index (χ4v) is 6.44. The van der Waals surface area contributed by atoms with Gasteiger partial charge in [0.05, 0.1) is 11.0 Å². The highest BCUT2D eigenvalue weighted by molar-refractivity contribution is 7.89. The molecule has 0 saturated carbocycles. The van der Waals surface area contributed by atoms with Crippen LogP contribution in [0.2, 0.25) is 0 Å². The summed E-state index contributed by atoms with van der Waals surface area (Å²) in [6.45, 7) is 5.43. The quantitative estimate of drug-likeness (QED) is 0.738. The highest BCUT2D eigenvalue weighted by Gasteiger charge is 2.34. The summed E-state index contributed by atoms with van der Waals surface area (Å²) in [5.74, 6) is -0.220. The number of rotatable bonds is 5. The Bertz CT molecular complexity index is 950. The number of nitrogens with one attached hydrogen (secondary N) is 1. The molecule has 4 rings (SSSR count). The molecule has 31 heavy (non-hydrogen) atoms. The zero-order valence-electron chi connectivity index (χ0n) is 18.2. The van der Waals surface area contributed by atoms with Crippen molar-refractivity contribution >= 4 is 27.5 Å². The number of hydrogen-bond acceptors (Lipinski definition) is 5. The van der Waals surface area contributed by atoms with Gasteiger partial charge in [0.2, 0.25) is 21.8 Å². The fraction of sp³-hybridized carbons (Fsp3) is 0.636. The molecule has 2 atom stereocenters. The molecule has 170 valence electrons. The molecular weight excluding hydrogens is 418 g/mol. The van der Waals surface area contributed by atoms with E-state index in [1.54, 1.807) is 23.1 Å². The highest BCUT2D eigenvalue weighted by atomic mass is 32.2. The lowest BCUT2D eigenvalue weighted by Crippen LogP contribution is -2.44. The van der Waals surface area contributed by atoms with Crippen LogP contribution in [0.25, 0.3) is 0 Å². The summed E-state index contributed by atoms with van der Waals surface area (Å²) in [4.78, 5) is 26.3. The number of amides is 2. The van der Waals surface area contributed by atoms with Gasteiger partial charge in [0.15, 0.2) is 0 Å². The molecule has 2 saturated heterocycles. The first-order chi connectivity index (χ1) is 14.8. The molecule has 1 aromatic carbocycles. The average molecular weight is 450 g/mol. The van der Waals surface area contributed by atoms with E-state index in [4.69, 9.17) is 4.74 Å². The minimum atomic E-state index is -3.64. The van der Waals surface area contributed by atoms with E-state index in [9.17, 15) is 18.0 Å². The van der Waals surface area contributed by atoms with E-state index in [2.05, 4.69) is 5.32 Å². The molecule has 3 aliphatic heterocycles. The van der Waals surface area contributed by atoms with E-state index in [0.29, 0.717) is 38.9 Å². The van der Waals surface area contributed by atoms with E-state index in [0.717, 1.165) is 30.7 Å². The van der Waals surface area contributed by atoms with E-state index in [-0.39, 0.29) is 34.8 Å². The molecule has 1 N–H and O–H groups in total. The molecule has 0 aromatic heterocycles. The van der Waals surface area contributed by atoms with Crippen molar-refractivity contribution in [2.45, 2.75) is 63.0 Å². The number of carbonyl (C=O) groups excluding carboxylic acids is 2. The van der Waals surface area contributed by atoms with Gasteiger partial charge in [-0.05, 0) is 62.8 Å². The third-order valence-corrected chi connectivity index (χ3v) is 8.49. The number of sulfonamides is 1. The van der Waals surface area contributed by atoms with E-state index >= 15 is 0 Å². The van der Waals surface area contributed by atoms with Crippen LogP contribution in [-0.4, -0.2) is 62.9 Å². The van der Waals surface area contributed by atoms with Gasteiger partial charge in [0, 0.05) is 50.8 Å². The third-order valence-electron chi connectivity index (χ3n) is 6.60. The summed E-state index contributed by atoms with van der Waals surface area (Å²) >= 11 is 0. The first-order valence-corrected chi connectivity index (χ1v) is 12.5. The lowest BCUT2D eigenvalue weighted by atomic mass is 9.97. The largest absolute Gasteiger partial charge is 0.376 e. The standard InChI is InChI=1S/C22H31N3O5S/c1-15-12-18-13-20(5-6-21(18)25(15)16(2)26)31(28,29)24-9-7-17(8-10-24)22(27)23-14-19-4-3-11-30-19/h5-6,13,15,17,19H,3-4,7-12,14H2,1-2H3,(H,23,27)/t15-,19+/m0/s1. The highest BCUT2D eigenvalue weighted by Crippen LogP contribution is 2.35. The van der Waals surface area contributed by atoms with Gasteiger partial charge in [-0.3, -0.25) is 9.59 Å². The molecule has 3 aliphatic rings. The summed E-state index contributed by atoms with van der Waals surface area (Å²) in [7, 11) is -3.64. The Kier molecular flexibility index (Phi) is 6.37. The van der Waals surface area contributed by atoms with Crippen molar-refractivity contribution in [2.75, 3.05) is 31.1 Å². The first kappa shape index (κ1) is 22.2. The molecule has 0 spiro atoms. The van der Waals surface area contributed by atoms with Crippen LogP contribution in [-0.2, 0) is 30.8 Å². The Balaban J connectivity index is 1.38. The van der Waals surface area contributed by atoms with Crippen molar-refractivity contribution in [1.29, 1.82) is 0 Å². The van der Waals surface area contributed by atoms with Crippen molar-refractivity contribution in [1.82, 2.24) is 9.62 Å². The third kappa shape index (κ3) is 4.49. The predicted molar refractivity (Wildman–Crippen MR) is 116 cm³/mol. The first-order valence-electron chi connectivity index (χ1n) is 11.1. The molecule has 3 heterocycles. The molecule has 0 aliphatic carbocycles. The zero-order chi connectivity index (χ0) is 22.2. The van der Waals surface area contributed by atoms with Crippen molar-refractivity contribution in [3.63, 3.8) is 0 Å². The zero-order valence-corrected chi connectivity index (χ0v) is 19.0. The van der Waals surface area contributed by atoms with Gasteiger partial charge in [-0.25, -0.2) is 8.42 Å². The van der Waals surface area contributed by atoms with Crippen molar-refractivity contribution < 1.29 is 22.7 Å². The number of carbonyl (C=O) groups is 2. The Labute approximate surface area is 184 Å². The van der Waals surface area contributed by atoms with Crippen LogP contribution in [0.1, 0.15) is 45.1 Å². The van der Waals surface area contributed by atoms with Crippen LogP contribution in [0.4, 0.5) is 5.69 Å². The molecule has 2 amide bonds. The average Bonchev–Trinajstić information content (AvgIpc) is 3.38. The van der Waals surface area contributed by atoms with Crippen LogP contribution in [0.3, 0.4) is 0 Å². The second kappa shape index (κ2) is 8.88. The van der Waals surface area contributed by atoms with E-state index in [1.807, 2.05) is 6.92 Å². The molecule has 9 heteroatoms. The monoisotopic (exact) mass is 449 g/mol. The molecule has 0 bridgehead atoms. The summed E-state index contributed by atoms with van der Waals surface area (Å²) in [6.07, 6.45) is 3.77. The second-order valence-corrected chi connectivity index (χ2v) is 10.7. The van der Waals surface area contributed by atoms with Gasteiger partial charge < -0.3 is 15.0 Å². The topological polar surface area (TPSA) is 96.0 Å². The van der Waals surface area contributed by atoms with Gasteiger partial charge in [-0.2, -0.15) is 4.31 Å². The predicted octanol–water partition coefficient (Wildman–Crippen LogP) is 1.68. The Morgan fingerprint density at radius 3 is 2.58 bits per heavy atom. The van der Waals surface area contributed by atoms with Gasteiger partial charge in [-0.15, -0.1) is 0 Å². The Morgan fingerprint density at radius 2 is 1.94 bits per heavy atom. The van der Waals surface area contributed by atoms with E-state index in [1.165, 1.54) is 11.2 Å². The van der Waals surface area contributed by atoms with Crippen molar-refractivity contribution in [2.24, 2.45) is 5.92 Å². The maximum absolute atomic E-state index is 13.2. The molecule has 2 fully saturated rings. The molecule has 8 nitrogen and oxygen atoms in total. The van der Waals surface area contributed by atoms with Crippen LogP contribution >= 0.6 is 0 Å². The molecule has 1 aromatic rings. The Hall–Kier alpha value is -1.97. The number of fused-ring (bicyclic) bond motifs is 1. The van der Waals surface area contributed by atoms with Crippen molar-refractivity contribution in [3.8, 4) is 0 Å². The van der Waals surface area contributed by atoms with Crippen LogP contribution in [0.15, 0.2) is 23.1 Å². The van der Waals surface area contributed by atoms with Crippen molar-refractivity contribution in [3.05, 3.63) is 23.8 Å². The normalized spacial score (nSPS) is 24.9. The number of piperidine rings is 1. The molecule has 0 unspecified atom stereocenters. The maximum atomic E-state index is 13.2. The maximum Gasteiger partial charge on any atom is 0.243 e. The SMILES string of the molecule is CC(=O)N1c2ccc(S(=O)(=O)N3CCC(C(=O)NC[C@H]4CCCO4)CC3)cc2C[C@@H]1C. The summed E-state index contributed by atoms with van der Waals surface area (Å²) < 4.78 is 33.4. The van der Waals surface area contributed by atoms with Gasteiger partial charge in [0.1, 0.15) is 0 Å². The number of nitrogens with zero attached hydrogens (tertiary/aromatic N) is 2. The number of anilines is 1. The minimum absolute atomic E-state index is 0.0107. The number of ether oxygens (including phenoxy) is 1. The smallest absolute Gasteiger partial charge is 0.243 e. The summed E-state index contributed by atoms with van der Waals surface area (Å²) in [5.41, 5.74) is 1.67. The Morgan fingerprint density at radius 1 is 1.19 bits per heavy atom. The number of benzene rings is 1. The van der Waals surface area contributed by atoms with Crippen LogP contribution in [0.5, 0.6) is 0 Å². The summed E-state index contributed by atoms with van der Waals surface area (Å²) in [5, 5.41) is 2.96. The molecule has 0 radical (unpaired) electrons. The molecular formula is C22H31N3O5S. The minimum Gasteiger partial charge on any atom is -0.376 e. The van der Waals surface area contributed by atoms with Crippen LogP contribution in [0, 0.1) is 5.92 Å². The number of hydrogen-bond donors (Lipinski definition) is 1. The lowest BCUT2D eigenvalue weighted by Gasteiger charge is -2.31. The van der Waals surface area contributed by atoms with E-state index < -0.39 is 10.0 Å². The fourth-order valence-electron chi connectivity index (χ4n) is 4.92. The van der Waals surface area contributed by atoms with Gasteiger partial charge in [-0.1, -0.05) is 0 Å². The van der Waals surface area contributed by atoms with Gasteiger partial charge in [0.25, 0.3) is 0 Å². The second-order valence-electron chi connectivity index (χ2n) is 8.79. The van der Waals surface area contributed by atoms with Crippen LogP contribution < -0.4 is 10.2 Å². The van der Waals surface area contributed by atoms with Gasteiger partial charge >= 0.3 is 0 Å².